The molecule has 186 valence electrons. The van der Waals surface area contributed by atoms with Crippen molar-refractivity contribution in [3.8, 4) is 0 Å². The Kier molecular flexibility index (Phi) is 15.0. The van der Waals surface area contributed by atoms with E-state index in [0.717, 1.165) is 6.08 Å². The standard InChI is InChI=1S/C20H38N4O8/c1-3-20(27)32-18(2)16-23-8-6-21(12-14-30-28)4-5-22(13-15-31-29)7-9-24(11-10-23)17-19(25)26/h3,18,28-29H,1,4-17H2,2H3,(H,25,26). The van der Waals surface area contributed by atoms with Gasteiger partial charge in [-0.05, 0) is 6.92 Å². The summed E-state index contributed by atoms with van der Waals surface area (Å²) in [4.78, 5) is 39.6. The smallest absolute Gasteiger partial charge is 0.330 e. The van der Waals surface area contributed by atoms with E-state index in [4.69, 9.17) is 15.3 Å². The van der Waals surface area contributed by atoms with Gasteiger partial charge in [-0.15, -0.1) is 0 Å². The molecule has 0 amide bonds. The van der Waals surface area contributed by atoms with E-state index in [0.29, 0.717) is 72.0 Å². The van der Waals surface area contributed by atoms with Gasteiger partial charge in [-0.2, -0.15) is 0 Å². The highest BCUT2D eigenvalue weighted by atomic mass is 17.1. The highest BCUT2D eigenvalue weighted by Crippen LogP contribution is 2.04. The van der Waals surface area contributed by atoms with Crippen molar-refractivity contribution in [3.05, 3.63) is 12.7 Å². The Morgan fingerprint density at radius 2 is 1.31 bits per heavy atom. The number of ether oxygens (including phenoxy) is 1. The average molecular weight is 463 g/mol. The number of hydrogen-bond donors (Lipinski definition) is 3. The van der Waals surface area contributed by atoms with Gasteiger partial charge in [-0.3, -0.25) is 34.9 Å². The van der Waals surface area contributed by atoms with Crippen LogP contribution in [0.1, 0.15) is 6.92 Å². The molecule has 0 aliphatic carbocycles. The lowest BCUT2D eigenvalue weighted by Gasteiger charge is -2.34. The third-order valence-corrected chi connectivity index (χ3v) is 5.29. The van der Waals surface area contributed by atoms with Crippen molar-refractivity contribution in [1.29, 1.82) is 0 Å². The van der Waals surface area contributed by atoms with Crippen molar-refractivity contribution < 1.29 is 39.7 Å². The van der Waals surface area contributed by atoms with Crippen LogP contribution in [-0.4, -0.2) is 145 Å². The zero-order chi connectivity index (χ0) is 23.8. The van der Waals surface area contributed by atoms with Crippen molar-refractivity contribution in [2.75, 3.05) is 91.8 Å². The predicted molar refractivity (Wildman–Crippen MR) is 116 cm³/mol. The van der Waals surface area contributed by atoms with Crippen molar-refractivity contribution in [2.45, 2.75) is 13.0 Å². The van der Waals surface area contributed by atoms with Gasteiger partial charge in [-0.25, -0.2) is 14.6 Å². The Bertz CT molecular complexity index is 554. The van der Waals surface area contributed by atoms with Gasteiger partial charge < -0.3 is 9.84 Å². The summed E-state index contributed by atoms with van der Waals surface area (Å²) in [7, 11) is 0. The van der Waals surface area contributed by atoms with Crippen LogP contribution in [0.5, 0.6) is 0 Å². The van der Waals surface area contributed by atoms with E-state index >= 15 is 0 Å². The summed E-state index contributed by atoms with van der Waals surface area (Å²) in [5.41, 5.74) is 0. The molecule has 0 spiro atoms. The quantitative estimate of drug-likeness (QED) is 0.148. The molecule has 12 heteroatoms. The number of hydrogen-bond acceptors (Lipinski definition) is 11. The molecule has 1 fully saturated rings. The van der Waals surface area contributed by atoms with Crippen molar-refractivity contribution in [1.82, 2.24) is 19.6 Å². The zero-order valence-corrected chi connectivity index (χ0v) is 18.9. The van der Waals surface area contributed by atoms with E-state index in [1.54, 1.807) is 0 Å². The third-order valence-electron chi connectivity index (χ3n) is 5.29. The van der Waals surface area contributed by atoms with Gasteiger partial charge in [-0.1, -0.05) is 6.58 Å². The second-order valence-corrected chi connectivity index (χ2v) is 7.77. The molecule has 0 saturated carbocycles. The molecule has 0 aromatic rings. The van der Waals surface area contributed by atoms with Crippen LogP contribution < -0.4 is 0 Å². The Balaban J connectivity index is 2.87. The van der Waals surface area contributed by atoms with Gasteiger partial charge in [0, 0.05) is 78.1 Å². The normalized spacial score (nSPS) is 19.6. The first-order valence-electron chi connectivity index (χ1n) is 10.8. The van der Waals surface area contributed by atoms with Gasteiger partial charge in [0.1, 0.15) is 6.10 Å². The SMILES string of the molecule is C=CC(=O)OC(C)CN1CCN(CCOO)CCN(CCOO)CCN(CC(=O)O)CC1. The van der Waals surface area contributed by atoms with E-state index < -0.39 is 11.9 Å². The van der Waals surface area contributed by atoms with E-state index in [1.807, 2.05) is 11.8 Å². The van der Waals surface area contributed by atoms with Crippen LogP contribution in [0.15, 0.2) is 12.7 Å². The fraction of sp³-hybridized carbons (Fsp3) is 0.800. The first-order chi connectivity index (χ1) is 15.4. The predicted octanol–water partition coefficient (Wildman–Crippen LogP) is -0.610. The Labute approximate surface area is 189 Å². The third kappa shape index (κ3) is 13.0. The van der Waals surface area contributed by atoms with Crippen LogP contribution in [0.2, 0.25) is 0 Å². The highest BCUT2D eigenvalue weighted by Gasteiger charge is 2.20. The average Bonchev–Trinajstić information content (AvgIpc) is 2.75. The molecule has 1 rings (SSSR count). The molecule has 0 aromatic carbocycles. The number of carbonyl (C=O) groups is 2. The molecule has 0 bridgehead atoms. The maximum Gasteiger partial charge on any atom is 0.330 e. The van der Waals surface area contributed by atoms with Gasteiger partial charge in [0.25, 0.3) is 0 Å². The molecule has 1 atom stereocenters. The minimum Gasteiger partial charge on any atom is -0.480 e. The number of esters is 1. The molecular formula is C20H38N4O8. The fourth-order valence-corrected chi connectivity index (χ4v) is 3.54. The number of nitrogens with zero attached hydrogens (tertiary/aromatic N) is 4. The van der Waals surface area contributed by atoms with Gasteiger partial charge in [0.05, 0.1) is 19.8 Å². The first-order valence-corrected chi connectivity index (χ1v) is 10.8. The number of aliphatic carboxylic acids is 1. The maximum atomic E-state index is 11.5. The molecule has 0 aromatic heterocycles. The van der Waals surface area contributed by atoms with Crippen molar-refractivity contribution in [2.24, 2.45) is 0 Å². The second kappa shape index (κ2) is 16.9. The van der Waals surface area contributed by atoms with Crippen LogP contribution >= 0.6 is 0 Å². The monoisotopic (exact) mass is 462 g/mol. The lowest BCUT2D eigenvalue weighted by molar-refractivity contribution is -0.245. The molecule has 0 radical (unpaired) electrons. The number of carboxylic acid groups (broad SMARTS) is 1. The first kappa shape index (κ1) is 28.4. The topological polar surface area (TPSA) is 135 Å². The van der Waals surface area contributed by atoms with Crippen molar-refractivity contribution in [3.63, 3.8) is 0 Å². The summed E-state index contributed by atoms with van der Waals surface area (Å²) in [5.74, 6) is -1.37. The summed E-state index contributed by atoms with van der Waals surface area (Å²) in [6.07, 6.45) is 0.788. The maximum absolute atomic E-state index is 11.5. The molecular weight excluding hydrogens is 424 g/mol. The zero-order valence-electron chi connectivity index (χ0n) is 18.9. The molecule has 1 saturated heterocycles. The van der Waals surface area contributed by atoms with E-state index in [1.165, 1.54) is 0 Å². The van der Waals surface area contributed by atoms with Crippen LogP contribution in [-0.2, 0) is 24.1 Å². The van der Waals surface area contributed by atoms with Gasteiger partial charge in [0.2, 0.25) is 0 Å². The van der Waals surface area contributed by atoms with E-state index in [-0.39, 0.29) is 25.9 Å². The van der Waals surface area contributed by atoms with Crippen LogP contribution in [0.4, 0.5) is 0 Å². The van der Waals surface area contributed by atoms with E-state index in [2.05, 4.69) is 31.1 Å². The van der Waals surface area contributed by atoms with Crippen LogP contribution in [0.3, 0.4) is 0 Å². The molecule has 12 nitrogen and oxygen atoms in total. The summed E-state index contributed by atoms with van der Waals surface area (Å²) in [6, 6.07) is 0. The molecule has 3 N–H and O–H groups in total. The minimum atomic E-state index is -0.891. The van der Waals surface area contributed by atoms with Gasteiger partial charge >= 0.3 is 11.9 Å². The highest BCUT2D eigenvalue weighted by molar-refractivity contribution is 5.81. The van der Waals surface area contributed by atoms with Crippen LogP contribution in [0.25, 0.3) is 0 Å². The number of rotatable bonds is 12. The van der Waals surface area contributed by atoms with Crippen LogP contribution in [0, 0.1) is 0 Å². The summed E-state index contributed by atoms with van der Waals surface area (Å²) >= 11 is 0. The lowest BCUT2D eigenvalue weighted by atomic mass is 10.3. The summed E-state index contributed by atoms with van der Waals surface area (Å²) in [6.45, 7) is 12.1. The fourth-order valence-electron chi connectivity index (χ4n) is 3.54. The molecule has 1 heterocycles. The Morgan fingerprint density at radius 1 is 0.875 bits per heavy atom. The second-order valence-electron chi connectivity index (χ2n) is 7.77. The molecule has 1 aliphatic heterocycles. The summed E-state index contributed by atoms with van der Waals surface area (Å²) in [5, 5.41) is 26.7. The van der Waals surface area contributed by atoms with Crippen molar-refractivity contribution >= 4 is 11.9 Å². The number of carbonyl (C=O) groups excluding carboxylic acids is 1. The molecule has 1 aliphatic rings. The minimum absolute atomic E-state index is 0.0703. The summed E-state index contributed by atoms with van der Waals surface area (Å²) < 4.78 is 5.30. The Morgan fingerprint density at radius 3 is 1.72 bits per heavy atom. The molecule has 32 heavy (non-hydrogen) atoms. The number of carboxylic acids is 1. The van der Waals surface area contributed by atoms with E-state index in [9.17, 15) is 14.7 Å². The van der Waals surface area contributed by atoms with Gasteiger partial charge in [0.15, 0.2) is 0 Å². The lowest BCUT2D eigenvalue weighted by Crippen LogP contribution is -2.48. The largest absolute Gasteiger partial charge is 0.480 e. The molecule has 1 unspecified atom stereocenters. The Hall–Kier alpha value is -1.64.